The summed E-state index contributed by atoms with van der Waals surface area (Å²) >= 11 is 0. The molecule has 5 rings (SSSR count). The van der Waals surface area contributed by atoms with Crippen molar-refractivity contribution in [2.45, 2.75) is 18.6 Å². The van der Waals surface area contributed by atoms with Crippen LogP contribution in [-0.2, 0) is 6.54 Å². The molecule has 0 N–H and O–H groups in total. The van der Waals surface area contributed by atoms with Crippen LogP contribution in [-0.4, -0.2) is 39.9 Å². The summed E-state index contributed by atoms with van der Waals surface area (Å²) in [6.45, 7) is -0.231. The average molecular weight is 404 g/mol. The number of likely N-dealkylation sites (N-methyl/N-ethyl adjacent to an activating group) is 1. The molecule has 0 bridgehead atoms. The number of benzene rings is 2. The lowest BCUT2D eigenvalue weighted by Crippen LogP contribution is -2.32. The molecule has 150 valence electrons. The highest BCUT2D eigenvalue weighted by Crippen LogP contribution is 2.29. The molecule has 1 aliphatic heterocycles. The summed E-state index contributed by atoms with van der Waals surface area (Å²) < 4.78 is 31.0. The van der Waals surface area contributed by atoms with E-state index in [0.29, 0.717) is 16.5 Å². The van der Waals surface area contributed by atoms with Gasteiger partial charge in [0.15, 0.2) is 0 Å². The van der Waals surface area contributed by atoms with Gasteiger partial charge in [-0.25, -0.2) is 13.8 Å². The van der Waals surface area contributed by atoms with E-state index in [0.717, 1.165) is 5.57 Å². The third kappa shape index (κ3) is 3.03. The molecular weight excluding hydrogens is 386 g/mol. The quantitative estimate of drug-likeness (QED) is 0.673. The molecule has 2 heterocycles. The lowest BCUT2D eigenvalue weighted by Gasteiger charge is -2.24. The molecule has 2 unspecified atom stereocenters. The second kappa shape index (κ2) is 7.02. The summed E-state index contributed by atoms with van der Waals surface area (Å²) in [4.78, 5) is 23.2. The van der Waals surface area contributed by atoms with E-state index in [2.05, 4.69) is 9.98 Å². The first kappa shape index (κ1) is 18.4. The summed E-state index contributed by atoms with van der Waals surface area (Å²) in [6.07, 6.45) is 8.81. The van der Waals surface area contributed by atoms with Crippen LogP contribution in [0.2, 0.25) is 0 Å². The minimum Gasteiger partial charge on any atom is -0.357 e. The van der Waals surface area contributed by atoms with Crippen molar-refractivity contribution in [3.05, 3.63) is 94.1 Å². The Kier molecular flexibility index (Phi) is 4.31. The second-order valence-corrected chi connectivity index (χ2v) is 7.51. The molecule has 0 fully saturated rings. The molecule has 1 aromatic heterocycles. The summed E-state index contributed by atoms with van der Waals surface area (Å²) in [6, 6.07) is 9.57. The lowest BCUT2D eigenvalue weighted by molar-refractivity contribution is 0.446. The first-order valence-electron chi connectivity index (χ1n) is 9.59. The fourth-order valence-electron chi connectivity index (χ4n) is 3.91. The Balaban J connectivity index is 1.49. The normalized spacial score (nSPS) is 20.0. The van der Waals surface area contributed by atoms with E-state index in [-0.39, 0.29) is 29.8 Å². The minimum absolute atomic E-state index is 0.0278. The van der Waals surface area contributed by atoms with Crippen LogP contribution >= 0.6 is 0 Å². The van der Waals surface area contributed by atoms with E-state index in [1.807, 2.05) is 30.2 Å². The van der Waals surface area contributed by atoms with E-state index in [4.69, 9.17) is 0 Å². The van der Waals surface area contributed by atoms with Gasteiger partial charge in [-0.15, -0.1) is 0 Å². The largest absolute Gasteiger partial charge is 0.357 e. The summed E-state index contributed by atoms with van der Waals surface area (Å²) in [5.74, 6) is -1.39. The zero-order valence-corrected chi connectivity index (χ0v) is 16.2. The van der Waals surface area contributed by atoms with Gasteiger partial charge in [0.2, 0.25) is 0 Å². The molecule has 0 amide bonds. The van der Waals surface area contributed by atoms with E-state index >= 15 is 0 Å². The molecule has 0 radical (unpaired) electrons. The number of aliphatic imine (C=N–C) groups is 1. The fraction of sp³-hybridized carbons (Fsp3) is 0.174. The molecule has 3 aromatic rings. The van der Waals surface area contributed by atoms with Gasteiger partial charge in [0.1, 0.15) is 11.6 Å². The molecule has 2 aromatic carbocycles. The number of para-hydroxylation sites is 1. The van der Waals surface area contributed by atoms with Crippen molar-refractivity contribution in [3.8, 4) is 0 Å². The van der Waals surface area contributed by atoms with Gasteiger partial charge in [-0.2, -0.15) is 0 Å². The maximum Gasteiger partial charge on any atom is 0.261 e. The number of hydrogen-bond acceptors (Lipinski definition) is 4. The number of allylic oxidation sites excluding steroid dienone is 2. The molecule has 0 spiro atoms. The molecule has 7 heteroatoms. The Morgan fingerprint density at radius 3 is 2.70 bits per heavy atom. The standard InChI is InChI=1S/C23H18F2N4O/c1-28-12-26-21-7-6-14(10-22(21)28)15-8-18(24)17(19(25)9-15)11-29-13-27-20-5-3-2-4-16(20)23(29)30/h2-10,12-13,21-22H,11H2,1H3. The van der Waals surface area contributed by atoms with Gasteiger partial charge in [0, 0.05) is 12.6 Å². The molecule has 2 aliphatic rings. The second-order valence-electron chi connectivity index (χ2n) is 7.51. The average Bonchev–Trinajstić information content (AvgIpc) is 3.12. The van der Waals surface area contributed by atoms with Crippen molar-refractivity contribution < 1.29 is 8.78 Å². The van der Waals surface area contributed by atoms with Crippen LogP contribution in [0, 0.1) is 11.6 Å². The van der Waals surface area contributed by atoms with E-state index in [9.17, 15) is 13.6 Å². The number of aromatic nitrogens is 2. The van der Waals surface area contributed by atoms with Crippen molar-refractivity contribution in [3.63, 3.8) is 0 Å². The molecule has 5 nitrogen and oxygen atoms in total. The van der Waals surface area contributed by atoms with Crippen molar-refractivity contribution >= 4 is 22.8 Å². The van der Waals surface area contributed by atoms with Crippen molar-refractivity contribution in [1.29, 1.82) is 0 Å². The molecular formula is C23H18F2N4O. The monoisotopic (exact) mass is 404 g/mol. The van der Waals surface area contributed by atoms with Gasteiger partial charge in [0.05, 0.1) is 42.2 Å². The number of halogens is 2. The van der Waals surface area contributed by atoms with Gasteiger partial charge in [-0.3, -0.25) is 14.4 Å². The van der Waals surface area contributed by atoms with Crippen LogP contribution in [0.3, 0.4) is 0 Å². The molecule has 30 heavy (non-hydrogen) atoms. The molecule has 2 atom stereocenters. The molecule has 0 saturated heterocycles. The van der Waals surface area contributed by atoms with Gasteiger partial charge in [0.25, 0.3) is 5.56 Å². The minimum atomic E-state index is -0.697. The van der Waals surface area contributed by atoms with Gasteiger partial charge in [-0.1, -0.05) is 30.4 Å². The molecule has 1 aliphatic carbocycles. The zero-order chi connectivity index (χ0) is 20.8. The van der Waals surface area contributed by atoms with Crippen LogP contribution in [0.4, 0.5) is 8.78 Å². The number of hydrogen-bond donors (Lipinski definition) is 0. The lowest BCUT2D eigenvalue weighted by atomic mass is 9.93. The Labute approximate surface area is 171 Å². The predicted molar refractivity (Wildman–Crippen MR) is 112 cm³/mol. The predicted octanol–water partition coefficient (Wildman–Crippen LogP) is 3.39. The van der Waals surface area contributed by atoms with Crippen molar-refractivity contribution in [1.82, 2.24) is 14.5 Å². The summed E-state index contributed by atoms with van der Waals surface area (Å²) in [7, 11) is 1.92. The molecule has 0 saturated carbocycles. The third-order valence-electron chi connectivity index (χ3n) is 5.60. The van der Waals surface area contributed by atoms with Crippen molar-refractivity contribution in [2.75, 3.05) is 7.05 Å². The maximum atomic E-state index is 14.9. The fourth-order valence-corrected chi connectivity index (χ4v) is 3.91. The van der Waals surface area contributed by atoms with E-state index in [1.165, 1.54) is 23.0 Å². The summed E-state index contributed by atoms with van der Waals surface area (Å²) in [5, 5.41) is 0.410. The van der Waals surface area contributed by atoms with E-state index in [1.54, 1.807) is 30.6 Å². The van der Waals surface area contributed by atoms with Crippen LogP contribution in [0.5, 0.6) is 0 Å². The SMILES string of the molecule is CN1C=NC2C=CC(c3cc(F)c(Cn4cnc5ccccc5c4=O)c(F)c3)=CC21. The highest BCUT2D eigenvalue weighted by molar-refractivity contribution is 5.78. The Hall–Kier alpha value is -3.61. The first-order valence-corrected chi connectivity index (χ1v) is 9.59. The Bertz CT molecular complexity index is 1290. The van der Waals surface area contributed by atoms with Crippen LogP contribution in [0.1, 0.15) is 11.1 Å². The summed E-state index contributed by atoms with van der Waals surface area (Å²) in [5.41, 5.74) is 1.23. The van der Waals surface area contributed by atoms with Crippen LogP contribution in [0.15, 0.2) is 70.7 Å². The number of nitrogens with zero attached hydrogens (tertiary/aromatic N) is 4. The Morgan fingerprint density at radius 1 is 1.13 bits per heavy atom. The smallest absolute Gasteiger partial charge is 0.261 e. The third-order valence-corrected chi connectivity index (χ3v) is 5.60. The van der Waals surface area contributed by atoms with E-state index < -0.39 is 11.6 Å². The number of rotatable bonds is 3. The van der Waals surface area contributed by atoms with Crippen molar-refractivity contribution in [2.24, 2.45) is 4.99 Å². The van der Waals surface area contributed by atoms with Crippen LogP contribution < -0.4 is 5.56 Å². The van der Waals surface area contributed by atoms with Crippen LogP contribution in [0.25, 0.3) is 16.5 Å². The topological polar surface area (TPSA) is 50.5 Å². The van der Waals surface area contributed by atoms with Gasteiger partial charge in [-0.05, 0) is 35.4 Å². The maximum absolute atomic E-state index is 14.9. The zero-order valence-electron chi connectivity index (χ0n) is 16.2. The highest BCUT2D eigenvalue weighted by Gasteiger charge is 2.27. The Morgan fingerprint density at radius 2 is 1.90 bits per heavy atom. The number of fused-ring (bicyclic) bond motifs is 2. The van der Waals surface area contributed by atoms with Gasteiger partial charge < -0.3 is 4.90 Å². The highest BCUT2D eigenvalue weighted by atomic mass is 19.1. The first-order chi connectivity index (χ1) is 14.5. The van der Waals surface area contributed by atoms with Gasteiger partial charge >= 0.3 is 0 Å².